The van der Waals surface area contributed by atoms with Crippen LogP contribution in [-0.4, -0.2) is 58.3 Å². The van der Waals surface area contributed by atoms with Gasteiger partial charge in [-0.2, -0.15) is 10.1 Å². The minimum Gasteiger partial charge on any atom is -0.480 e. The second-order valence-electron chi connectivity index (χ2n) is 5.06. The van der Waals surface area contributed by atoms with Crippen molar-refractivity contribution in [3.05, 3.63) is 30.7 Å². The van der Waals surface area contributed by atoms with E-state index in [2.05, 4.69) is 25.3 Å². The Balaban J connectivity index is 2.15. The van der Waals surface area contributed by atoms with E-state index in [1.165, 1.54) is 14.2 Å². The van der Waals surface area contributed by atoms with Crippen LogP contribution in [0, 0.1) is 0 Å². The first-order valence-electron chi connectivity index (χ1n) is 7.14. The van der Waals surface area contributed by atoms with E-state index in [0.717, 1.165) is 5.69 Å². The van der Waals surface area contributed by atoms with E-state index in [4.69, 9.17) is 9.47 Å². The lowest BCUT2D eigenvalue weighted by Gasteiger charge is -2.16. The quantitative estimate of drug-likeness (QED) is 0.690. The maximum Gasteiger partial charge on any atom is 0.319 e. The molecular formula is C15H17N7O2. The molecule has 0 radical (unpaired) electrons. The van der Waals surface area contributed by atoms with Crippen molar-refractivity contribution in [2.24, 2.45) is 0 Å². The molecule has 0 bridgehead atoms. The minimum atomic E-state index is 0.223. The Morgan fingerprint density at radius 2 is 1.96 bits per heavy atom. The molecule has 0 atom stereocenters. The molecule has 9 heteroatoms. The van der Waals surface area contributed by atoms with Gasteiger partial charge in [0.05, 0.1) is 19.8 Å². The van der Waals surface area contributed by atoms with Gasteiger partial charge in [0.25, 0.3) is 0 Å². The molecule has 24 heavy (non-hydrogen) atoms. The van der Waals surface area contributed by atoms with Crippen LogP contribution >= 0.6 is 0 Å². The number of ether oxygens (including phenoxy) is 2. The van der Waals surface area contributed by atoms with Gasteiger partial charge in [-0.1, -0.05) is 0 Å². The third-order valence-electron chi connectivity index (χ3n) is 3.31. The fraction of sp³-hybridized carbons (Fsp3) is 0.267. The SMILES string of the molecule is COc1ncc(-c2cc(-n3cccn3)c(N(C)C)nn2)c(OC)n1. The van der Waals surface area contributed by atoms with Gasteiger partial charge in [0.15, 0.2) is 5.82 Å². The Labute approximate surface area is 138 Å². The van der Waals surface area contributed by atoms with E-state index < -0.39 is 0 Å². The summed E-state index contributed by atoms with van der Waals surface area (Å²) in [7, 11) is 6.82. The summed E-state index contributed by atoms with van der Waals surface area (Å²) >= 11 is 0. The van der Waals surface area contributed by atoms with Gasteiger partial charge < -0.3 is 14.4 Å². The van der Waals surface area contributed by atoms with Crippen LogP contribution in [0.15, 0.2) is 30.7 Å². The zero-order chi connectivity index (χ0) is 17.1. The van der Waals surface area contributed by atoms with E-state index >= 15 is 0 Å². The number of hydrogen-bond acceptors (Lipinski definition) is 8. The van der Waals surface area contributed by atoms with Crippen molar-refractivity contribution in [2.45, 2.75) is 0 Å². The van der Waals surface area contributed by atoms with Gasteiger partial charge in [-0.05, 0) is 12.1 Å². The molecule has 0 aliphatic rings. The molecule has 0 aromatic carbocycles. The standard InChI is InChI=1S/C15H17N7O2/c1-21(2)13-12(22-7-5-6-17-22)8-11(19-20-13)10-9-16-15(24-4)18-14(10)23-3/h5-9H,1-4H3. The highest BCUT2D eigenvalue weighted by Crippen LogP contribution is 2.30. The number of aromatic nitrogens is 6. The van der Waals surface area contributed by atoms with Crippen molar-refractivity contribution in [1.82, 2.24) is 29.9 Å². The van der Waals surface area contributed by atoms with E-state index in [9.17, 15) is 0 Å². The predicted molar refractivity (Wildman–Crippen MR) is 87.6 cm³/mol. The maximum atomic E-state index is 5.32. The fourth-order valence-corrected chi connectivity index (χ4v) is 2.19. The number of nitrogens with zero attached hydrogens (tertiary/aromatic N) is 7. The zero-order valence-electron chi connectivity index (χ0n) is 13.8. The lowest BCUT2D eigenvalue weighted by Crippen LogP contribution is -2.15. The Morgan fingerprint density at radius 1 is 1.12 bits per heavy atom. The molecule has 0 saturated carbocycles. The van der Waals surface area contributed by atoms with E-state index in [1.807, 2.05) is 37.3 Å². The molecule has 0 saturated heterocycles. The molecule has 3 aromatic heterocycles. The van der Waals surface area contributed by atoms with Crippen LogP contribution in [0.4, 0.5) is 5.82 Å². The monoisotopic (exact) mass is 327 g/mol. The summed E-state index contributed by atoms with van der Waals surface area (Å²) < 4.78 is 12.1. The van der Waals surface area contributed by atoms with Crippen LogP contribution in [0.1, 0.15) is 0 Å². The number of anilines is 1. The van der Waals surface area contributed by atoms with Crippen molar-refractivity contribution in [2.75, 3.05) is 33.2 Å². The van der Waals surface area contributed by atoms with Crippen LogP contribution in [0.3, 0.4) is 0 Å². The predicted octanol–water partition coefficient (Wildman–Crippen LogP) is 1.20. The van der Waals surface area contributed by atoms with Crippen molar-refractivity contribution < 1.29 is 9.47 Å². The van der Waals surface area contributed by atoms with Gasteiger partial charge in [-0.25, -0.2) is 9.67 Å². The molecule has 3 rings (SSSR count). The van der Waals surface area contributed by atoms with Crippen molar-refractivity contribution >= 4 is 5.82 Å². The smallest absolute Gasteiger partial charge is 0.319 e. The maximum absolute atomic E-state index is 5.32. The molecule has 0 unspecified atom stereocenters. The van der Waals surface area contributed by atoms with E-state index in [0.29, 0.717) is 23.0 Å². The summed E-state index contributed by atoms with van der Waals surface area (Å²) in [6, 6.07) is 3.93. The molecule has 9 nitrogen and oxygen atoms in total. The molecule has 124 valence electrons. The number of rotatable bonds is 5. The summed E-state index contributed by atoms with van der Waals surface area (Å²) in [6.45, 7) is 0. The summed E-state index contributed by atoms with van der Waals surface area (Å²) in [5, 5.41) is 12.8. The van der Waals surface area contributed by atoms with Gasteiger partial charge in [0.1, 0.15) is 11.4 Å². The highest BCUT2D eigenvalue weighted by Gasteiger charge is 2.17. The molecule has 3 heterocycles. The fourth-order valence-electron chi connectivity index (χ4n) is 2.19. The van der Waals surface area contributed by atoms with Crippen LogP contribution in [0.25, 0.3) is 16.9 Å². The van der Waals surface area contributed by atoms with Crippen molar-refractivity contribution in [1.29, 1.82) is 0 Å². The van der Waals surface area contributed by atoms with Gasteiger partial charge in [-0.15, -0.1) is 10.2 Å². The highest BCUT2D eigenvalue weighted by molar-refractivity contribution is 5.69. The first-order valence-corrected chi connectivity index (χ1v) is 7.14. The molecule has 0 fully saturated rings. The first kappa shape index (κ1) is 15.7. The highest BCUT2D eigenvalue weighted by atomic mass is 16.5. The summed E-state index contributed by atoms with van der Waals surface area (Å²) in [4.78, 5) is 10.2. The second kappa shape index (κ2) is 6.49. The Kier molecular flexibility index (Phi) is 4.23. The third kappa shape index (κ3) is 2.83. The second-order valence-corrected chi connectivity index (χ2v) is 5.06. The topological polar surface area (TPSA) is 91.1 Å². The molecular weight excluding hydrogens is 310 g/mol. The largest absolute Gasteiger partial charge is 0.480 e. The van der Waals surface area contributed by atoms with E-state index in [1.54, 1.807) is 17.1 Å². The third-order valence-corrected chi connectivity index (χ3v) is 3.31. The van der Waals surface area contributed by atoms with Crippen molar-refractivity contribution in [3.63, 3.8) is 0 Å². The van der Waals surface area contributed by atoms with Gasteiger partial charge >= 0.3 is 6.01 Å². The summed E-state index contributed by atoms with van der Waals surface area (Å²) in [5.74, 6) is 1.05. The van der Waals surface area contributed by atoms with Crippen molar-refractivity contribution in [3.8, 4) is 28.8 Å². The molecule has 0 N–H and O–H groups in total. The Hall–Kier alpha value is -3.23. The summed E-state index contributed by atoms with van der Waals surface area (Å²) in [6.07, 6.45) is 5.14. The minimum absolute atomic E-state index is 0.223. The first-order chi connectivity index (χ1) is 11.6. The normalized spacial score (nSPS) is 10.5. The lowest BCUT2D eigenvalue weighted by atomic mass is 10.2. The van der Waals surface area contributed by atoms with Crippen LogP contribution in [0.5, 0.6) is 11.9 Å². The lowest BCUT2D eigenvalue weighted by molar-refractivity contribution is 0.353. The van der Waals surface area contributed by atoms with Gasteiger partial charge in [0, 0.05) is 32.7 Å². The summed E-state index contributed by atoms with van der Waals surface area (Å²) in [5.41, 5.74) is 1.97. The van der Waals surface area contributed by atoms with Gasteiger partial charge in [-0.3, -0.25) is 0 Å². The van der Waals surface area contributed by atoms with E-state index in [-0.39, 0.29) is 6.01 Å². The number of hydrogen-bond donors (Lipinski definition) is 0. The number of methoxy groups -OCH3 is 2. The molecule has 0 aliphatic carbocycles. The zero-order valence-corrected chi connectivity index (χ0v) is 13.8. The van der Waals surface area contributed by atoms with Crippen LogP contribution in [-0.2, 0) is 0 Å². The Bertz CT molecular complexity index is 834. The Morgan fingerprint density at radius 3 is 2.58 bits per heavy atom. The molecule has 0 spiro atoms. The van der Waals surface area contributed by atoms with Gasteiger partial charge in [0.2, 0.25) is 5.88 Å². The molecule has 3 aromatic rings. The van der Waals surface area contributed by atoms with Crippen LogP contribution < -0.4 is 14.4 Å². The molecule has 0 aliphatic heterocycles. The average Bonchev–Trinajstić information content (AvgIpc) is 3.15. The average molecular weight is 327 g/mol. The van der Waals surface area contributed by atoms with Crippen LogP contribution in [0.2, 0.25) is 0 Å². The molecule has 0 amide bonds.